The minimum absolute atomic E-state index is 0.0698. The quantitative estimate of drug-likeness (QED) is 0.596. The van der Waals surface area contributed by atoms with E-state index in [1.165, 1.54) is 0 Å². The first-order valence-corrected chi connectivity index (χ1v) is 6.20. The molecule has 0 atom stereocenters. The first kappa shape index (κ1) is 14.0. The Labute approximate surface area is 121 Å². The summed E-state index contributed by atoms with van der Waals surface area (Å²) in [5.41, 5.74) is 12.1. The van der Waals surface area contributed by atoms with Crippen LogP contribution in [-0.2, 0) is 6.54 Å². The lowest BCUT2D eigenvalue weighted by Gasteiger charge is -2.04. The van der Waals surface area contributed by atoms with Crippen molar-refractivity contribution in [3.05, 3.63) is 53.4 Å². The van der Waals surface area contributed by atoms with Crippen LogP contribution in [0, 0.1) is 0 Å². The molecular formula is C13H14ClN5O. The van der Waals surface area contributed by atoms with Gasteiger partial charge >= 0.3 is 0 Å². The summed E-state index contributed by atoms with van der Waals surface area (Å²) in [4.78, 5) is 7.96. The summed E-state index contributed by atoms with van der Waals surface area (Å²) in [6.45, 7) is 0.316. The van der Waals surface area contributed by atoms with Gasteiger partial charge in [-0.3, -0.25) is 0 Å². The van der Waals surface area contributed by atoms with Crippen molar-refractivity contribution in [3.63, 3.8) is 0 Å². The first-order valence-electron chi connectivity index (χ1n) is 5.82. The van der Waals surface area contributed by atoms with Crippen LogP contribution >= 0.6 is 11.6 Å². The maximum absolute atomic E-state index is 5.79. The number of furan rings is 1. The van der Waals surface area contributed by atoms with Crippen LogP contribution in [0.4, 0.5) is 5.69 Å². The van der Waals surface area contributed by atoms with Crippen LogP contribution in [0.1, 0.15) is 5.76 Å². The fraction of sp³-hybridized carbons (Fsp3) is 0.0769. The third-order valence-corrected chi connectivity index (χ3v) is 2.58. The predicted molar refractivity (Wildman–Crippen MR) is 80.7 cm³/mol. The standard InChI is InChI=1S/C13H14ClN5O/c14-9-3-5-10(6-4-9)18-13(16)19-12(15)17-8-11-2-1-7-20-11/h1-7H,8H2,(H5,15,16,17,18,19). The zero-order chi connectivity index (χ0) is 14.4. The monoisotopic (exact) mass is 291 g/mol. The Bertz CT molecular complexity index is 604. The molecule has 0 saturated heterocycles. The SMILES string of the molecule is NC(=NCc1ccco1)N=C(N)Nc1ccc(Cl)cc1. The van der Waals surface area contributed by atoms with E-state index in [2.05, 4.69) is 15.3 Å². The number of hydrogen-bond donors (Lipinski definition) is 3. The van der Waals surface area contributed by atoms with Gasteiger partial charge in [0.2, 0.25) is 11.9 Å². The average molecular weight is 292 g/mol. The number of nitrogens with one attached hydrogen (secondary N) is 1. The van der Waals surface area contributed by atoms with Crippen LogP contribution in [0.25, 0.3) is 0 Å². The maximum atomic E-state index is 5.79. The second kappa shape index (κ2) is 6.63. The summed E-state index contributed by atoms with van der Waals surface area (Å²) < 4.78 is 5.13. The zero-order valence-corrected chi connectivity index (χ0v) is 11.3. The number of halogens is 1. The van der Waals surface area contributed by atoms with Gasteiger partial charge in [-0.2, -0.15) is 4.99 Å². The number of nitrogens with zero attached hydrogens (tertiary/aromatic N) is 2. The lowest BCUT2D eigenvalue weighted by molar-refractivity contribution is 0.512. The maximum Gasteiger partial charge on any atom is 0.219 e. The molecule has 0 amide bonds. The van der Waals surface area contributed by atoms with Crippen LogP contribution < -0.4 is 16.8 Å². The molecule has 104 valence electrons. The molecule has 2 aromatic rings. The molecule has 0 aliphatic heterocycles. The van der Waals surface area contributed by atoms with Gasteiger partial charge in [0.25, 0.3) is 0 Å². The molecule has 5 N–H and O–H groups in total. The average Bonchev–Trinajstić information content (AvgIpc) is 2.92. The molecule has 0 spiro atoms. The summed E-state index contributed by atoms with van der Waals surface area (Å²) >= 11 is 5.79. The van der Waals surface area contributed by atoms with E-state index >= 15 is 0 Å². The van der Waals surface area contributed by atoms with Crippen molar-refractivity contribution in [2.45, 2.75) is 6.54 Å². The van der Waals surface area contributed by atoms with Gasteiger partial charge in [-0.05, 0) is 36.4 Å². The number of nitrogens with two attached hydrogens (primary N) is 2. The highest BCUT2D eigenvalue weighted by Gasteiger charge is 1.98. The molecule has 2 rings (SSSR count). The highest BCUT2D eigenvalue weighted by molar-refractivity contribution is 6.30. The highest BCUT2D eigenvalue weighted by atomic mass is 35.5. The molecular weight excluding hydrogens is 278 g/mol. The van der Waals surface area contributed by atoms with Gasteiger partial charge in [0.1, 0.15) is 12.3 Å². The van der Waals surface area contributed by atoms with Gasteiger partial charge in [-0.25, -0.2) is 4.99 Å². The largest absolute Gasteiger partial charge is 0.467 e. The summed E-state index contributed by atoms with van der Waals surface area (Å²) in [5.74, 6) is 0.917. The van der Waals surface area contributed by atoms with Gasteiger partial charge in [-0.1, -0.05) is 11.6 Å². The van der Waals surface area contributed by atoms with Crippen LogP contribution in [0.5, 0.6) is 0 Å². The van der Waals surface area contributed by atoms with Crippen molar-refractivity contribution in [1.29, 1.82) is 0 Å². The Morgan fingerprint density at radius 2 is 1.95 bits per heavy atom. The number of guanidine groups is 2. The Hall–Kier alpha value is -2.47. The van der Waals surface area contributed by atoms with Crippen LogP contribution in [0.2, 0.25) is 5.02 Å². The summed E-state index contributed by atoms with van der Waals surface area (Å²) in [5, 5.41) is 3.52. The molecule has 0 saturated carbocycles. The molecule has 0 radical (unpaired) electrons. The number of anilines is 1. The fourth-order valence-electron chi connectivity index (χ4n) is 1.43. The minimum Gasteiger partial charge on any atom is -0.467 e. The first-order chi connectivity index (χ1) is 9.63. The normalized spacial score (nSPS) is 12.4. The van der Waals surface area contributed by atoms with Crippen molar-refractivity contribution in [2.75, 3.05) is 5.32 Å². The number of benzene rings is 1. The lowest BCUT2D eigenvalue weighted by Crippen LogP contribution is -2.26. The van der Waals surface area contributed by atoms with Gasteiger partial charge < -0.3 is 21.2 Å². The van der Waals surface area contributed by atoms with Crippen molar-refractivity contribution in [3.8, 4) is 0 Å². The molecule has 0 fully saturated rings. The van der Waals surface area contributed by atoms with E-state index in [9.17, 15) is 0 Å². The van der Waals surface area contributed by atoms with E-state index in [0.29, 0.717) is 17.3 Å². The smallest absolute Gasteiger partial charge is 0.219 e. The second-order valence-corrected chi connectivity index (χ2v) is 4.32. The minimum atomic E-state index is 0.0698. The molecule has 1 aromatic carbocycles. The van der Waals surface area contributed by atoms with E-state index in [0.717, 1.165) is 5.69 Å². The second-order valence-electron chi connectivity index (χ2n) is 3.88. The molecule has 0 bridgehead atoms. The molecule has 0 aliphatic carbocycles. The Morgan fingerprint density at radius 1 is 1.20 bits per heavy atom. The number of hydrogen-bond acceptors (Lipinski definition) is 2. The van der Waals surface area contributed by atoms with E-state index in [1.54, 1.807) is 42.7 Å². The van der Waals surface area contributed by atoms with E-state index in [1.807, 2.05) is 0 Å². The molecule has 7 heteroatoms. The molecule has 0 unspecified atom stereocenters. The van der Waals surface area contributed by atoms with Crippen molar-refractivity contribution in [2.24, 2.45) is 21.5 Å². The van der Waals surface area contributed by atoms with Crippen molar-refractivity contribution < 1.29 is 4.42 Å². The highest BCUT2D eigenvalue weighted by Crippen LogP contribution is 2.12. The third-order valence-electron chi connectivity index (χ3n) is 2.33. The van der Waals surface area contributed by atoms with Gasteiger partial charge in [0.15, 0.2) is 0 Å². The fourth-order valence-corrected chi connectivity index (χ4v) is 1.56. The van der Waals surface area contributed by atoms with Gasteiger partial charge in [-0.15, -0.1) is 0 Å². The van der Waals surface area contributed by atoms with Gasteiger partial charge in [0.05, 0.1) is 6.26 Å². The van der Waals surface area contributed by atoms with E-state index < -0.39 is 0 Å². The number of rotatable bonds is 3. The molecule has 1 heterocycles. The Kier molecular flexibility index (Phi) is 4.62. The third kappa shape index (κ3) is 4.33. The Balaban J connectivity index is 1.95. The molecule has 6 nitrogen and oxygen atoms in total. The van der Waals surface area contributed by atoms with E-state index in [4.69, 9.17) is 27.5 Å². The molecule has 20 heavy (non-hydrogen) atoms. The summed E-state index contributed by atoms with van der Waals surface area (Å²) in [7, 11) is 0. The van der Waals surface area contributed by atoms with Gasteiger partial charge in [0, 0.05) is 10.7 Å². The topological polar surface area (TPSA) is 102 Å². The summed E-state index contributed by atoms with van der Waals surface area (Å²) in [6.07, 6.45) is 1.57. The number of aliphatic imine (C=N–C) groups is 2. The molecule has 0 aliphatic rings. The molecule has 1 aromatic heterocycles. The van der Waals surface area contributed by atoms with Crippen LogP contribution in [-0.4, -0.2) is 11.9 Å². The lowest BCUT2D eigenvalue weighted by atomic mass is 10.3. The van der Waals surface area contributed by atoms with Crippen molar-refractivity contribution >= 4 is 29.2 Å². The predicted octanol–water partition coefficient (Wildman–Crippen LogP) is 2.17. The Morgan fingerprint density at radius 3 is 2.60 bits per heavy atom. The van der Waals surface area contributed by atoms with Crippen LogP contribution in [0.15, 0.2) is 57.1 Å². The van der Waals surface area contributed by atoms with E-state index in [-0.39, 0.29) is 11.9 Å². The zero-order valence-electron chi connectivity index (χ0n) is 10.6. The summed E-state index contributed by atoms with van der Waals surface area (Å²) in [6, 6.07) is 10.6. The van der Waals surface area contributed by atoms with Crippen LogP contribution in [0.3, 0.4) is 0 Å². The van der Waals surface area contributed by atoms with Crippen molar-refractivity contribution in [1.82, 2.24) is 0 Å².